The molecule has 36 heavy (non-hydrogen) atoms. The number of esters is 1. The summed E-state index contributed by atoms with van der Waals surface area (Å²) in [5.41, 5.74) is 2.13. The van der Waals surface area contributed by atoms with Crippen molar-refractivity contribution in [1.82, 2.24) is 5.32 Å². The molecule has 186 valence electrons. The molecule has 0 saturated carbocycles. The normalized spacial score (nSPS) is 20.1. The maximum absolute atomic E-state index is 13.5. The summed E-state index contributed by atoms with van der Waals surface area (Å²) < 4.78 is 16.5. The highest BCUT2D eigenvalue weighted by molar-refractivity contribution is 6.04. The highest BCUT2D eigenvalue weighted by atomic mass is 16.7. The molecule has 2 heterocycles. The number of allylic oxidation sites excluding steroid dienone is 3. The van der Waals surface area contributed by atoms with E-state index in [1.807, 2.05) is 44.2 Å². The predicted molar refractivity (Wildman–Crippen MR) is 129 cm³/mol. The Hall–Kier alpha value is -4.14. The lowest BCUT2D eigenvalue weighted by atomic mass is 9.68. The molecule has 5 rings (SSSR count). The molecule has 0 saturated heterocycles. The molecule has 2 aromatic rings. The monoisotopic (exact) mass is 490 g/mol. The molecule has 9 heteroatoms. The lowest BCUT2D eigenvalue weighted by molar-refractivity contribution is -0.385. The lowest BCUT2D eigenvalue weighted by Gasteiger charge is -2.39. The van der Waals surface area contributed by atoms with Crippen LogP contribution in [0, 0.1) is 15.5 Å². The second-order valence-corrected chi connectivity index (χ2v) is 10.0. The molecule has 0 bridgehead atoms. The molecule has 0 aromatic heterocycles. The number of hydrogen-bond acceptors (Lipinski definition) is 8. The summed E-state index contributed by atoms with van der Waals surface area (Å²) in [5, 5.41) is 15.4. The van der Waals surface area contributed by atoms with Crippen molar-refractivity contribution in [2.45, 2.75) is 46.1 Å². The number of rotatable bonds is 5. The first-order chi connectivity index (χ1) is 17.1. The first-order valence-electron chi connectivity index (χ1n) is 11.7. The zero-order chi connectivity index (χ0) is 25.6. The number of ether oxygens (including phenoxy) is 3. The van der Waals surface area contributed by atoms with E-state index in [2.05, 4.69) is 5.32 Å². The van der Waals surface area contributed by atoms with Crippen LogP contribution < -0.4 is 14.8 Å². The minimum atomic E-state index is -0.983. The van der Waals surface area contributed by atoms with Gasteiger partial charge in [0.05, 0.1) is 22.5 Å². The number of benzene rings is 2. The molecule has 0 radical (unpaired) electrons. The van der Waals surface area contributed by atoms with Gasteiger partial charge < -0.3 is 19.5 Å². The fourth-order valence-corrected chi connectivity index (χ4v) is 5.15. The number of carbonyl (C=O) groups is 2. The molecule has 0 fully saturated rings. The van der Waals surface area contributed by atoms with Crippen LogP contribution in [0.15, 0.2) is 65.0 Å². The van der Waals surface area contributed by atoms with E-state index in [-0.39, 0.29) is 53.6 Å². The van der Waals surface area contributed by atoms with Gasteiger partial charge >= 0.3 is 5.97 Å². The summed E-state index contributed by atoms with van der Waals surface area (Å²) in [6, 6.07) is 12.0. The van der Waals surface area contributed by atoms with E-state index in [0.717, 1.165) is 5.56 Å². The number of carbonyl (C=O) groups excluding carboxylic acids is 2. The van der Waals surface area contributed by atoms with Crippen LogP contribution >= 0.6 is 0 Å². The third kappa shape index (κ3) is 4.21. The highest BCUT2D eigenvalue weighted by Crippen LogP contribution is 2.51. The van der Waals surface area contributed by atoms with Gasteiger partial charge in [0, 0.05) is 29.0 Å². The molecule has 0 spiro atoms. The minimum absolute atomic E-state index is 0.0271. The summed E-state index contributed by atoms with van der Waals surface area (Å²) in [6.45, 7) is 5.68. The molecule has 0 unspecified atom stereocenters. The van der Waals surface area contributed by atoms with Crippen molar-refractivity contribution in [1.29, 1.82) is 0 Å². The van der Waals surface area contributed by atoms with Gasteiger partial charge in [0.1, 0.15) is 6.61 Å². The number of nitro benzene ring substituents is 1. The summed E-state index contributed by atoms with van der Waals surface area (Å²) in [6.07, 6.45) is 0.820. The molecule has 3 aliphatic rings. The molecule has 1 atom stereocenters. The Morgan fingerprint density at radius 1 is 1.17 bits per heavy atom. The van der Waals surface area contributed by atoms with Crippen LogP contribution in [0.1, 0.15) is 50.7 Å². The second kappa shape index (κ2) is 8.82. The number of ketones is 1. The summed E-state index contributed by atoms with van der Waals surface area (Å²) in [5.74, 6) is -1.22. The van der Waals surface area contributed by atoms with Gasteiger partial charge in [-0.25, -0.2) is 4.79 Å². The fraction of sp³-hybridized carbons (Fsp3) is 0.333. The minimum Gasteiger partial charge on any atom is -0.457 e. The molecule has 2 aliphatic heterocycles. The SMILES string of the molecule is CC1=C(C(=O)OCc2ccccc2)[C@H](c2cc3c(cc2[N+](=O)[O-])OCO3)C2=C(CC(C)(C)CC2=O)N1. The Balaban J connectivity index is 1.64. The quantitative estimate of drug-likeness (QED) is 0.365. The van der Waals surface area contributed by atoms with E-state index in [1.165, 1.54) is 12.1 Å². The number of hydrogen-bond donors (Lipinski definition) is 1. The van der Waals surface area contributed by atoms with Crippen molar-refractivity contribution in [2.75, 3.05) is 6.79 Å². The molecule has 2 aromatic carbocycles. The number of nitrogens with zero attached hydrogens (tertiary/aromatic N) is 1. The molecular formula is C27H26N2O7. The van der Waals surface area contributed by atoms with Crippen LogP contribution in [-0.2, 0) is 20.9 Å². The smallest absolute Gasteiger partial charge is 0.337 e. The van der Waals surface area contributed by atoms with E-state index in [4.69, 9.17) is 14.2 Å². The van der Waals surface area contributed by atoms with Gasteiger partial charge in [0.2, 0.25) is 6.79 Å². The van der Waals surface area contributed by atoms with Crippen molar-refractivity contribution in [2.24, 2.45) is 5.41 Å². The maximum atomic E-state index is 13.5. The highest BCUT2D eigenvalue weighted by Gasteiger charge is 2.45. The molecular weight excluding hydrogens is 464 g/mol. The fourth-order valence-electron chi connectivity index (χ4n) is 5.15. The average Bonchev–Trinajstić information content (AvgIpc) is 3.28. The first kappa shape index (κ1) is 23.6. The Labute approximate surface area is 207 Å². The van der Waals surface area contributed by atoms with E-state index in [9.17, 15) is 19.7 Å². The van der Waals surface area contributed by atoms with Crippen molar-refractivity contribution >= 4 is 17.4 Å². The third-order valence-electron chi connectivity index (χ3n) is 6.70. The van der Waals surface area contributed by atoms with Gasteiger partial charge in [0.25, 0.3) is 5.69 Å². The van der Waals surface area contributed by atoms with Crippen LogP contribution in [0.2, 0.25) is 0 Å². The summed E-state index contributed by atoms with van der Waals surface area (Å²) >= 11 is 0. The number of nitro groups is 1. The van der Waals surface area contributed by atoms with Crippen LogP contribution in [0.3, 0.4) is 0 Å². The van der Waals surface area contributed by atoms with Crippen molar-refractivity contribution < 1.29 is 28.7 Å². The molecule has 1 N–H and O–H groups in total. The predicted octanol–water partition coefficient (Wildman–Crippen LogP) is 4.67. The second-order valence-electron chi connectivity index (χ2n) is 10.0. The maximum Gasteiger partial charge on any atom is 0.337 e. The van der Waals surface area contributed by atoms with Gasteiger partial charge in [-0.05, 0) is 30.4 Å². The van der Waals surface area contributed by atoms with Gasteiger partial charge in [-0.1, -0.05) is 44.2 Å². The Kier molecular flexibility index (Phi) is 5.78. The van der Waals surface area contributed by atoms with E-state index >= 15 is 0 Å². The van der Waals surface area contributed by atoms with Crippen molar-refractivity contribution in [3.8, 4) is 11.5 Å². The third-order valence-corrected chi connectivity index (χ3v) is 6.70. The Morgan fingerprint density at radius 3 is 2.56 bits per heavy atom. The number of nitrogens with one attached hydrogen (secondary N) is 1. The molecule has 9 nitrogen and oxygen atoms in total. The van der Waals surface area contributed by atoms with Gasteiger partial charge in [-0.15, -0.1) is 0 Å². The zero-order valence-corrected chi connectivity index (χ0v) is 20.3. The number of fused-ring (bicyclic) bond motifs is 1. The topological polar surface area (TPSA) is 117 Å². The van der Waals surface area contributed by atoms with Crippen molar-refractivity contribution in [3.63, 3.8) is 0 Å². The summed E-state index contributed by atoms with van der Waals surface area (Å²) in [7, 11) is 0. The molecule has 0 amide bonds. The largest absolute Gasteiger partial charge is 0.457 e. The van der Waals surface area contributed by atoms with E-state index in [1.54, 1.807) is 6.92 Å². The molecule has 1 aliphatic carbocycles. The van der Waals surface area contributed by atoms with Gasteiger partial charge in [-0.3, -0.25) is 14.9 Å². The Morgan fingerprint density at radius 2 is 1.86 bits per heavy atom. The first-order valence-corrected chi connectivity index (χ1v) is 11.7. The van der Waals surface area contributed by atoms with E-state index < -0.39 is 16.8 Å². The van der Waals surface area contributed by atoms with Crippen LogP contribution in [0.25, 0.3) is 0 Å². The summed E-state index contributed by atoms with van der Waals surface area (Å²) in [4.78, 5) is 38.6. The number of dihydropyridines is 1. The van der Waals surface area contributed by atoms with Crippen LogP contribution in [-0.4, -0.2) is 23.5 Å². The van der Waals surface area contributed by atoms with Crippen LogP contribution in [0.5, 0.6) is 11.5 Å². The van der Waals surface area contributed by atoms with Crippen molar-refractivity contribution in [3.05, 3.63) is 86.2 Å². The van der Waals surface area contributed by atoms with E-state index in [0.29, 0.717) is 29.1 Å². The Bertz CT molecular complexity index is 1340. The van der Waals surface area contributed by atoms with Gasteiger partial charge in [-0.2, -0.15) is 0 Å². The lowest BCUT2D eigenvalue weighted by Crippen LogP contribution is -2.38. The average molecular weight is 491 g/mol. The standard InChI is InChI=1S/C27H26N2O7/c1-15-23(26(31)34-13-16-7-5-4-6-8-16)24(25-18(28-15)11-27(2,3)12-20(25)30)17-9-21-22(36-14-35-21)10-19(17)29(32)33/h4-10,24,28H,11-14H2,1-3H3/t24-/m0/s1. The van der Waals surface area contributed by atoms with Gasteiger partial charge in [0.15, 0.2) is 17.3 Å². The zero-order valence-electron chi connectivity index (χ0n) is 20.3. The van der Waals surface area contributed by atoms with Crippen LogP contribution in [0.4, 0.5) is 5.69 Å². The number of Topliss-reactive ketones (excluding diaryl/α,β-unsaturated/α-hetero) is 1.